The Morgan fingerprint density at radius 2 is 1.67 bits per heavy atom. The van der Waals surface area contributed by atoms with Crippen molar-refractivity contribution in [1.82, 2.24) is 4.98 Å². The van der Waals surface area contributed by atoms with E-state index in [1.54, 1.807) is 0 Å². The summed E-state index contributed by atoms with van der Waals surface area (Å²) < 4.78 is 4.97. The highest BCUT2D eigenvalue weighted by Gasteiger charge is 2.67. The largest absolute Gasteiger partial charge is 0.507 e. The standard InChI is InChI=1S/C31H29NO13/c1-9(33)21(35)26(40)22(36)12-7-11-6-10-4-5-31(18(10)25(39)15(11)29(43)32-12)27(41)17-20(28(31)42)30(2,44)19-16(24(17)38)13(34)8-14(45-3)23(19)37/h6-9,19,21-22,26,33,35-36,38-40,44H,4-5H2,1-3H3,(H,32,43). The Kier molecular flexibility index (Phi) is 6.63. The third kappa shape index (κ3) is 3.77. The molecule has 0 fully saturated rings. The molecule has 0 bridgehead atoms. The second-order valence-corrected chi connectivity index (χ2v) is 12.0. The predicted octanol–water partition coefficient (Wildman–Crippen LogP) is -1.12. The number of ketones is 4. The van der Waals surface area contributed by atoms with Gasteiger partial charge < -0.3 is 45.5 Å². The maximum absolute atomic E-state index is 14.3. The van der Waals surface area contributed by atoms with Gasteiger partial charge >= 0.3 is 0 Å². The summed E-state index contributed by atoms with van der Waals surface area (Å²) >= 11 is 0. The summed E-state index contributed by atoms with van der Waals surface area (Å²) in [7, 11) is 1.13. The second kappa shape index (κ2) is 9.76. The van der Waals surface area contributed by atoms with Crippen molar-refractivity contribution in [2.75, 3.05) is 7.11 Å². The molecule has 1 spiro atoms. The van der Waals surface area contributed by atoms with E-state index in [0.717, 1.165) is 20.1 Å². The summed E-state index contributed by atoms with van der Waals surface area (Å²) in [4.78, 5) is 70.2. The van der Waals surface area contributed by atoms with Crippen LogP contribution in [0.5, 0.6) is 5.75 Å². The van der Waals surface area contributed by atoms with Crippen LogP contribution in [0.2, 0.25) is 0 Å². The Bertz CT molecular complexity index is 1930. The molecule has 0 radical (unpaired) electrons. The molecule has 0 saturated heterocycles. The van der Waals surface area contributed by atoms with E-state index in [1.165, 1.54) is 19.1 Å². The normalized spacial score (nSPS) is 28.7. The lowest BCUT2D eigenvalue weighted by Crippen LogP contribution is -2.51. The number of pyridine rings is 1. The molecule has 7 atom stereocenters. The number of phenols is 1. The number of aliphatic hydroxyl groups excluding tert-OH is 5. The van der Waals surface area contributed by atoms with Crippen LogP contribution in [-0.2, 0) is 35.8 Å². The van der Waals surface area contributed by atoms with E-state index in [1.807, 2.05) is 0 Å². The summed E-state index contributed by atoms with van der Waals surface area (Å²) in [6.07, 6.45) is -6.38. The number of aromatic nitrogens is 1. The van der Waals surface area contributed by atoms with Gasteiger partial charge in [-0.1, -0.05) is 6.07 Å². The Morgan fingerprint density at radius 1 is 1.00 bits per heavy atom. The van der Waals surface area contributed by atoms with Gasteiger partial charge in [-0.15, -0.1) is 0 Å². The van der Waals surface area contributed by atoms with Crippen LogP contribution in [0.3, 0.4) is 0 Å². The van der Waals surface area contributed by atoms with Crippen molar-refractivity contribution < 1.29 is 59.7 Å². The van der Waals surface area contributed by atoms with Gasteiger partial charge in [0.05, 0.1) is 41.4 Å². The topological polar surface area (TPSA) is 252 Å². The first-order valence-electron chi connectivity index (χ1n) is 14.0. The lowest BCUT2D eigenvalue weighted by molar-refractivity contribution is -0.133. The van der Waals surface area contributed by atoms with Crippen LogP contribution < -0.4 is 5.56 Å². The van der Waals surface area contributed by atoms with Gasteiger partial charge in [0.15, 0.2) is 23.1 Å². The predicted molar refractivity (Wildman–Crippen MR) is 151 cm³/mol. The van der Waals surface area contributed by atoms with E-state index in [9.17, 15) is 59.7 Å². The summed E-state index contributed by atoms with van der Waals surface area (Å²) in [5.41, 5.74) is -7.75. The summed E-state index contributed by atoms with van der Waals surface area (Å²) in [6.45, 7) is 2.26. The fourth-order valence-electron chi connectivity index (χ4n) is 7.26. The van der Waals surface area contributed by atoms with Crippen LogP contribution in [0.25, 0.3) is 10.8 Å². The Balaban J connectivity index is 1.51. The number of aryl methyl sites for hydroxylation is 1. The molecule has 45 heavy (non-hydrogen) atoms. The highest BCUT2D eigenvalue weighted by atomic mass is 16.5. The second-order valence-electron chi connectivity index (χ2n) is 12.0. The van der Waals surface area contributed by atoms with Gasteiger partial charge in [-0.2, -0.15) is 0 Å². The number of methoxy groups -OCH3 is 1. The summed E-state index contributed by atoms with van der Waals surface area (Å²) in [5.74, 6) is -7.72. The number of ether oxygens (including phenoxy) is 1. The van der Waals surface area contributed by atoms with Crippen molar-refractivity contribution in [2.24, 2.45) is 5.92 Å². The average molecular weight is 624 g/mol. The monoisotopic (exact) mass is 623 g/mol. The zero-order valence-corrected chi connectivity index (χ0v) is 24.1. The Hall–Kier alpha value is -4.47. The lowest BCUT2D eigenvalue weighted by Gasteiger charge is -2.39. The van der Waals surface area contributed by atoms with Gasteiger partial charge in [-0.05, 0) is 43.7 Å². The van der Waals surface area contributed by atoms with Crippen LogP contribution in [0, 0.1) is 5.92 Å². The minimum Gasteiger partial charge on any atom is -0.507 e. The molecule has 1 aromatic carbocycles. The number of rotatable bonds is 5. The fraction of sp³-hybridized carbons (Fsp3) is 0.387. The fourth-order valence-corrected chi connectivity index (χ4v) is 7.26. The number of aromatic hydroxyl groups is 1. The number of hydrogen-bond donors (Lipinski definition) is 8. The summed E-state index contributed by atoms with van der Waals surface area (Å²) in [5, 5.41) is 74.5. The van der Waals surface area contributed by atoms with Crippen molar-refractivity contribution in [3.63, 3.8) is 0 Å². The average Bonchev–Trinajstić information content (AvgIpc) is 3.47. The molecule has 1 heterocycles. The van der Waals surface area contributed by atoms with Gasteiger partial charge in [-0.3, -0.25) is 24.0 Å². The van der Waals surface area contributed by atoms with Gasteiger partial charge in [0, 0.05) is 17.2 Å². The molecule has 0 amide bonds. The molecule has 4 aliphatic carbocycles. The number of hydrogen-bond acceptors (Lipinski definition) is 13. The molecule has 14 nitrogen and oxygen atoms in total. The molecule has 6 rings (SSSR count). The van der Waals surface area contributed by atoms with Crippen LogP contribution in [0.1, 0.15) is 43.2 Å². The maximum atomic E-state index is 14.3. The molecule has 14 heteroatoms. The van der Waals surface area contributed by atoms with Gasteiger partial charge in [0.1, 0.15) is 40.8 Å². The van der Waals surface area contributed by atoms with Gasteiger partial charge in [0.25, 0.3) is 5.56 Å². The zero-order valence-electron chi connectivity index (χ0n) is 24.1. The minimum atomic E-state index is -2.45. The van der Waals surface area contributed by atoms with E-state index < -0.39 is 104 Å². The van der Waals surface area contributed by atoms with Crippen molar-refractivity contribution in [2.45, 2.75) is 62.1 Å². The minimum absolute atomic E-state index is 0.00106. The van der Waals surface area contributed by atoms with Gasteiger partial charge in [-0.25, -0.2) is 0 Å². The molecule has 4 aliphatic rings. The first kappa shape index (κ1) is 30.6. The first-order valence-corrected chi connectivity index (χ1v) is 14.0. The van der Waals surface area contributed by atoms with Crippen LogP contribution >= 0.6 is 0 Å². The highest BCUT2D eigenvalue weighted by Crippen LogP contribution is 2.58. The third-order valence-corrected chi connectivity index (χ3v) is 9.47. The van der Waals surface area contributed by atoms with E-state index >= 15 is 0 Å². The Morgan fingerprint density at radius 3 is 2.29 bits per heavy atom. The number of carbonyl (C=O) groups excluding carboxylic acids is 4. The molecular weight excluding hydrogens is 594 g/mol. The number of aliphatic hydroxyl groups is 6. The van der Waals surface area contributed by atoms with E-state index in [4.69, 9.17) is 4.74 Å². The molecule has 7 unspecified atom stereocenters. The number of nitrogens with one attached hydrogen (secondary N) is 1. The molecule has 236 valence electrons. The number of fused-ring (bicyclic) bond motifs is 4. The number of allylic oxidation sites excluding steroid dienone is 3. The highest BCUT2D eigenvalue weighted by molar-refractivity contribution is 6.36. The van der Waals surface area contributed by atoms with E-state index in [2.05, 4.69) is 4.98 Å². The number of phenolic OH excluding ortho intramolecular Hbond substituents is 1. The zero-order chi connectivity index (χ0) is 33.1. The van der Waals surface area contributed by atoms with Gasteiger partial charge in [0.2, 0.25) is 5.78 Å². The Labute approximate surface area is 253 Å². The molecule has 8 N–H and O–H groups in total. The van der Waals surface area contributed by atoms with Crippen molar-refractivity contribution in [3.05, 3.63) is 73.6 Å². The molecule has 2 aromatic rings. The van der Waals surface area contributed by atoms with Crippen molar-refractivity contribution >= 4 is 33.9 Å². The third-order valence-electron chi connectivity index (χ3n) is 9.47. The maximum Gasteiger partial charge on any atom is 0.259 e. The molecular formula is C31H29NO13. The van der Waals surface area contributed by atoms with Crippen LogP contribution in [-0.4, -0.2) is 94.9 Å². The molecule has 0 saturated carbocycles. The molecule has 1 aromatic heterocycles. The number of carbonyl (C=O) groups is 4. The van der Waals surface area contributed by atoms with Crippen molar-refractivity contribution in [1.29, 1.82) is 0 Å². The van der Waals surface area contributed by atoms with E-state index in [-0.39, 0.29) is 40.4 Å². The quantitative estimate of drug-likeness (QED) is 0.184. The lowest BCUT2D eigenvalue weighted by atomic mass is 9.66. The smallest absolute Gasteiger partial charge is 0.259 e. The SMILES string of the molecule is COC1=CC(=O)C2=C(O)C3=C(C(=O)C4(CCc5cc6cc(C(O)C(O)C(O)C(C)O)[nH]c(=O)c6c(O)c54)C3=O)C(C)(O)C2C1=O. The number of H-pyrrole nitrogens is 1. The summed E-state index contributed by atoms with van der Waals surface area (Å²) in [6, 6.07) is 2.62. The number of aromatic amines is 1. The molecule has 0 aliphatic heterocycles. The number of benzene rings is 1. The van der Waals surface area contributed by atoms with Crippen molar-refractivity contribution in [3.8, 4) is 5.75 Å². The first-order chi connectivity index (χ1) is 21.0. The number of Topliss-reactive ketones (excluding diaryl/α,β-unsaturated/α-hetero) is 3. The van der Waals surface area contributed by atoms with E-state index in [0.29, 0.717) is 0 Å². The van der Waals surface area contributed by atoms with Crippen LogP contribution in [0.4, 0.5) is 0 Å². The van der Waals surface area contributed by atoms with Crippen LogP contribution in [0.15, 0.2) is 51.2 Å².